The maximum Gasteiger partial charge on any atom is 0.0351 e. The van der Waals surface area contributed by atoms with Crippen molar-refractivity contribution in [3.05, 3.63) is 58.6 Å². The average molecular weight is 322 g/mol. The van der Waals surface area contributed by atoms with Crippen molar-refractivity contribution >= 4 is 33.4 Å². The molecule has 0 unspecified atom stereocenters. The third kappa shape index (κ3) is 4.07. The van der Waals surface area contributed by atoms with Gasteiger partial charge in [0, 0.05) is 27.4 Å². The van der Waals surface area contributed by atoms with Gasteiger partial charge in [-0.05, 0) is 36.8 Å². The van der Waals surface area contributed by atoms with Crippen LogP contribution in [-0.4, -0.2) is 12.3 Å². The van der Waals surface area contributed by atoms with Crippen molar-refractivity contribution in [2.24, 2.45) is 0 Å². The van der Waals surface area contributed by atoms with E-state index in [2.05, 4.69) is 70.6 Å². The third-order valence-electron chi connectivity index (χ3n) is 2.61. The molecule has 0 bridgehead atoms. The van der Waals surface area contributed by atoms with Crippen molar-refractivity contribution in [1.29, 1.82) is 0 Å². The van der Waals surface area contributed by atoms with Gasteiger partial charge in [0.2, 0.25) is 0 Å². The molecule has 0 amide bonds. The van der Waals surface area contributed by atoms with Crippen LogP contribution >= 0.6 is 27.7 Å². The Morgan fingerprint density at radius 1 is 1.11 bits per heavy atom. The summed E-state index contributed by atoms with van der Waals surface area (Å²) in [6.45, 7) is 3.06. The number of halogens is 1. The van der Waals surface area contributed by atoms with Crippen LogP contribution in [0.25, 0.3) is 0 Å². The van der Waals surface area contributed by atoms with Gasteiger partial charge in [-0.1, -0.05) is 40.2 Å². The number of anilines is 1. The second-order valence-corrected chi connectivity index (χ2v) is 6.07. The van der Waals surface area contributed by atoms with Crippen LogP contribution in [0.1, 0.15) is 5.56 Å². The first-order chi connectivity index (χ1) is 8.75. The number of hydrogen-bond donors (Lipinski definition) is 1. The predicted octanol–water partition coefficient (Wildman–Crippen LogP) is 4.96. The van der Waals surface area contributed by atoms with E-state index in [9.17, 15) is 0 Å². The minimum Gasteiger partial charge on any atom is -0.384 e. The number of benzene rings is 2. The molecule has 2 aromatic carbocycles. The van der Waals surface area contributed by atoms with Gasteiger partial charge in [-0.25, -0.2) is 0 Å². The zero-order valence-corrected chi connectivity index (χ0v) is 12.7. The molecule has 0 aliphatic rings. The highest BCUT2D eigenvalue weighted by atomic mass is 79.9. The Kier molecular flexibility index (Phi) is 5.14. The van der Waals surface area contributed by atoms with Gasteiger partial charge in [-0.15, -0.1) is 11.8 Å². The summed E-state index contributed by atoms with van der Waals surface area (Å²) in [6, 6.07) is 16.9. The van der Waals surface area contributed by atoms with E-state index in [0.29, 0.717) is 0 Å². The number of thioether (sulfide) groups is 1. The fourth-order valence-electron chi connectivity index (χ4n) is 1.58. The van der Waals surface area contributed by atoms with Crippen molar-refractivity contribution in [3.8, 4) is 0 Å². The molecule has 2 rings (SSSR count). The Hall–Kier alpha value is -0.930. The van der Waals surface area contributed by atoms with Crippen LogP contribution in [0, 0.1) is 6.92 Å². The first-order valence-electron chi connectivity index (χ1n) is 5.93. The summed E-state index contributed by atoms with van der Waals surface area (Å²) in [5, 5.41) is 3.43. The van der Waals surface area contributed by atoms with Gasteiger partial charge < -0.3 is 5.32 Å². The molecule has 0 heterocycles. The van der Waals surface area contributed by atoms with Crippen LogP contribution in [0.5, 0.6) is 0 Å². The van der Waals surface area contributed by atoms with Gasteiger partial charge in [0.05, 0.1) is 0 Å². The van der Waals surface area contributed by atoms with Crippen molar-refractivity contribution in [3.63, 3.8) is 0 Å². The molecule has 0 radical (unpaired) electrons. The molecule has 0 aliphatic heterocycles. The highest BCUT2D eigenvalue weighted by molar-refractivity contribution is 9.10. The van der Waals surface area contributed by atoms with Gasteiger partial charge in [-0.3, -0.25) is 0 Å². The monoisotopic (exact) mass is 321 g/mol. The van der Waals surface area contributed by atoms with E-state index in [-0.39, 0.29) is 0 Å². The average Bonchev–Trinajstić information content (AvgIpc) is 2.40. The van der Waals surface area contributed by atoms with Gasteiger partial charge in [-0.2, -0.15) is 0 Å². The summed E-state index contributed by atoms with van der Waals surface area (Å²) in [5.41, 5.74) is 2.43. The lowest BCUT2D eigenvalue weighted by Crippen LogP contribution is -2.03. The van der Waals surface area contributed by atoms with E-state index in [0.717, 1.165) is 16.8 Å². The van der Waals surface area contributed by atoms with Crippen molar-refractivity contribution in [2.45, 2.75) is 11.8 Å². The zero-order valence-electron chi connectivity index (χ0n) is 10.3. The van der Waals surface area contributed by atoms with E-state index in [1.165, 1.54) is 16.1 Å². The van der Waals surface area contributed by atoms with Crippen molar-refractivity contribution in [1.82, 2.24) is 0 Å². The van der Waals surface area contributed by atoms with Crippen LogP contribution in [0.15, 0.2) is 57.9 Å². The van der Waals surface area contributed by atoms with Crippen molar-refractivity contribution in [2.75, 3.05) is 17.6 Å². The van der Waals surface area contributed by atoms with E-state index in [4.69, 9.17) is 0 Å². The van der Waals surface area contributed by atoms with Crippen LogP contribution in [-0.2, 0) is 0 Å². The van der Waals surface area contributed by atoms with E-state index < -0.39 is 0 Å². The lowest BCUT2D eigenvalue weighted by molar-refractivity contribution is 1.22. The molecule has 0 aromatic heterocycles. The molecule has 0 saturated heterocycles. The van der Waals surface area contributed by atoms with Gasteiger partial charge >= 0.3 is 0 Å². The van der Waals surface area contributed by atoms with Crippen LogP contribution in [0.3, 0.4) is 0 Å². The Bertz CT molecular complexity index is 499. The number of rotatable bonds is 5. The molecular formula is C15H16BrNS. The Morgan fingerprint density at radius 2 is 1.89 bits per heavy atom. The Balaban J connectivity index is 1.77. The van der Waals surface area contributed by atoms with Crippen LogP contribution in [0.4, 0.5) is 5.69 Å². The number of aryl methyl sites for hydroxylation is 1. The Labute approximate surface area is 121 Å². The van der Waals surface area contributed by atoms with E-state index >= 15 is 0 Å². The minimum atomic E-state index is 0.967. The first-order valence-corrected chi connectivity index (χ1v) is 7.71. The molecular weight excluding hydrogens is 306 g/mol. The van der Waals surface area contributed by atoms with E-state index in [1.807, 2.05) is 17.8 Å². The molecule has 0 fully saturated rings. The fraction of sp³-hybridized carbons (Fsp3) is 0.200. The first kappa shape index (κ1) is 13.5. The van der Waals surface area contributed by atoms with Crippen LogP contribution < -0.4 is 5.32 Å². The second-order valence-electron chi connectivity index (χ2n) is 4.05. The molecule has 18 heavy (non-hydrogen) atoms. The molecule has 2 aromatic rings. The summed E-state index contributed by atoms with van der Waals surface area (Å²) in [7, 11) is 0. The highest BCUT2D eigenvalue weighted by Crippen LogP contribution is 2.21. The summed E-state index contributed by atoms with van der Waals surface area (Å²) in [5.74, 6) is 1.06. The molecule has 0 aliphatic carbocycles. The Morgan fingerprint density at radius 3 is 2.61 bits per heavy atom. The third-order valence-corrected chi connectivity index (χ3v) is 4.48. The molecule has 94 valence electrons. The quantitative estimate of drug-likeness (QED) is 0.617. The fourth-order valence-corrected chi connectivity index (χ4v) is 2.75. The minimum absolute atomic E-state index is 0.967. The highest BCUT2D eigenvalue weighted by Gasteiger charge is 1.97. The van der Waals surface area contributed by atoms with Gasteiger partial charge in [0.1, 0.15) is 0 Å². The van der Waals surface area contributed by atoms with Crippen LogP contribution in [0.2, 0.25) is 0 Å². The second kappa shape index (κ2) is 6.86. The number of nitrogens with one attached hydrogen (secondary N) is 1. The topological polar surface area (TPSA) is 12.0 Å². The summed E-state index contributed by atoms with van der Waals surface area (Å²) >= 11 is 5.42. The maximum absolute atomic E-state index is 3.55. The summed E-state index contributed by atoms with van der Waals surface area (Å²) < 4.78 is 1.16. The largest absolute Gasteiger partial charge is 0.384 e. The summed E-state index contributed by atoms with van der Waals surface area (Å²) in [4.78, 5) is 1.32. The SMILES string of the molecule is Cc1ccc(NCCSc2ccccc2)cc1Br. The molecule has 0 saturated carbocycles. The van der Waals surface area contributed by atoms with Gasteiger partial charge in [0.25, 0.3) is 0 Å². The van der Waals surface area contributed by atoms with Crippen molar-refractivity contribution < 1.29 is 0 Å². The lowest BCUT2D eigenvalue weighted by Gasteiger charge is -2.08. The molecule has 3 heteroatoms. The predicted molar refractivity (Wildman–Crippen MR) is 84.5 cm³/mol. The number of hydrogen-bond acceptors (Lipinski definition) is 2. The standard InChI is InChI=1S/C15H16BrNS/c1-12-7-8-13(11-15(12)16)17-9-10-18-14-5-3-2-4-6-14/h2-8,11,17H,9-10H2,1H3. The molecule has 1 N–H and O–H groups in total. The molecule has 1 nitrogen and oxygen atoms in total. The molecule has 0 spiro atoms. The normalized spacial score (nSPS) is 10.3. The van der Waals surface area contributed by atoms with Gasteiger partial charge in [0.15, 0.2) is 0 Å². The summed E-state index contributed by atoms with van der Waals surface area (Å²) in [6.07, 6.45) is 0. The zero-order chi connectivity index (χ0) is 12.8. The smallest absolute Gasteiger partial charge is 0.0351 e. The lowest BCUT2D eigenvalue weighted by atomic mass is 10.2. The maximum atomic E-state index is 3.55. The van der Waals surface area contributed by atoms with E-state index in [1.54, 1.807) is 0 Å². The molecule has 0 atom stereocenters.